The number of hydrogen-bond donors (Lipinski definition) is 0. The van der Waals surface area contributed by atoms with E-state index in [9.17, 15) is 0 Å². The molecule has 0 aromatic carbocycles. The van der Waals surface area contributed by atoms with Crippen molar-refractivity contribution in [1.82, 2.24) is 0 Å². The van der Waals surface area contributed by atoms with Crippen LogP contribution in [0.5, 0.6) is 0 Å². The van der Waals surface area contributed by atoms with Crippen molar-refractivity contribution in [3.05, 3.63) is 0 Å². The van der Waals surface area contributed by atoms with E-state index in [2.05, 4.69) is 34.6 Å². The van der Waals surface area contributed by atoms with Crippen molar-refractivity contribution in [2.45, 2.75) is 53.6 Å². The maximum Gasteiger partial charge on any atom is 0.146 e. The summed E-state index contributed by atoms with van der Waals surface area (Å²) < 4.78 is 5.58. The first kappa shape index (κ1) is 12.2. The minimum Gasteiger partial charge on any atom is -0.425 e. The third-order valence-electron chi connectivity index (χ3n) is 1.91. The van der Waals surface area contributed by atoms with E-state index in [-0.39, 0.29) is 0 Å². The van der Waals surface area contributed by atoms with Crippen molar-refractivity contribution in [3.8, 4) is 0 Å². The van der Waals surface area contributed by atoms with E-state index in [1.807, 2.05) is 0 Å². The van der Waals surface area contributed by atoms with E-state index in [0.29, 0.717) is 11.5 Å². The van der Waals surface area contributed by atoms with Crippen molar-refractivity contribution < 1.29 is 4.43 Å². The Hall–Kier alpha value is 0.177. The molecule has 0 spiro atoms. The summed E-state index contributed by atoms with van der Waals surface area (Å²) in [7, 11) is 0.871. The summed E-state index contributed by atoms with van der Waals surface area (Å²) in [5, 5.41) is 0. The largest absolute Gasteiger partial charge is 0.425 e. The third kappa shape index (κ3) is 6.86. The molecule has 1 atom stereocenters. The summed E-state index contributed by atoms with van der Waals surface area (Å²) in [6.07, 6.45) is 2.90. The van der Waals surface area contributed by atoms with Gasteiger partial charge in [0.2, 0.25) is 0 Å². The Morgan fingerprint density at radius 3 is 2.00 bits per heavy atom. The van der Waals surface area contributed by atoms with E-state index in [0.717, 1.165) is 16.4 Å². The van der Waals surface area contributed by atoms with Crippen LogP contribution in [-0.4, -0.2) is 16.6 Å². The molecule has 12 heavy (non-hydrogen) atoms. The predicted octanol–water partition coefficient (Wildman–Crippen LogP) is 2.13. The highest BCUT2D eigenvalue weighted by atomic mass is 28.2. The minimum atomic E-state index is 0.407. The molecule has 0 saturated heterocycles. The summed E-state index contributed by atoms with van der Waals surface area (Å²) in [6.45, 7) is 11.4. The molecule has 0 rings (SSSR count). The first-order valence-corrected chi connectivity index (χ1v) is 5.69. The summed E-state index contributed by atoms with van der Waals surface area (Å²) >= 11 is 0. The monoisotopic (exact) mass is 188 g/mol. The first-order valence-electron chi connectivity index (χ1n) is 4.88. The van der Waals surface area contributed by atoms with Gasteiger partial charge in [-0.05, 0) is 24.2 Å². The van der Waals surface area contributed by atoms with Crippen molar-refractivity contribution in [2.75, 3.05) is 0 Å². The zero-order valence-corrected chi connectivity index (χ0v) is 11.5. The van der Waals surface area contributed by atoms with Crippen LogP contribution >= 0.6 is 0 Å². The quantitative estimate of drug-likeness (QED) is 0.614. The molecule has 0 fully saturated rings. The molecule has 0 amide bonds. The smallest absolute Gasteiger partial charge is 0.146 e. The molecule has 1 unspecified atom stereocenters. The van der Waals surface area contributed by atoms with Crippen LogP contribution in [0, 0.1) is 11.3 Å². The average Bonchev–Trinajstić information content (AvgIpc) is 1.82. The SMILES string of the molecule is CC(C)CC(CC(C)(C)C)O[SiH3]. The predicted molar refractivity (Wildman–Crippen MR) is 58.3 cm³/mol. The van der Waals surface area contributed by atoms with Crippen LogP contribution in [-0.2, 0) is 4.43 Å². The van der Waals surface area contributed by atoms with Crippen LogP contribution in [0.25, 0.3) is 0 Å². The van der Waals surface area contributed by atoms with Gasteiger partial charge in [0, 0.05) is 6.10 Å². The molecule has 0 bridgehead atoms. The van der Waals surface area contributed by atoms with E-state index < -0.39 is 0 Å². The Kier molecular flexibility index (Phi) is 5.10. The molecule has 0 aromatic rings. The first-order chi connectivity index (χ1) is 5.35. The van der Waals surface area contributed by atoms with Gasteiger partial charge < -0.3 is 4.43 Å². The summed E-state index contributed by atoms with van der Waals surface area (Å²) in [5.41, 5.74) is 0.407. The molecule has 1 nitrogen and oxygen atoms in total. The van der Waals surface area contributed by atoms with Crippen LogP contribution in [0.15, 0.2) is 0 Å². The van der Waals surface area contributed by atoms with Gasteiger partial charge in [-0.1, -0.05) is 34.6 Å². The van der Waals surface area contributed by atoms with Gasteiger partial charge in [-0.15, -0.1) is 0 Å². The minimum absolute atomic E-state index is 0.407. The second kappa shape index (κ2) is 5.03. The van der Waals surface area contributed by atoms with E-state index in [4.69, 9.17) is 4.43 Å². The van der Waals surface area contributed by atoms with Crippen LogP contribution in [0.3, 0.4) is 0 Å². The van der Waals surface area contributed by atoms with Gasteiger partial charge in [-0.3, -0.25) is 0 Å². The fraction of sp³-hybridized carbons (Fsp3) is 1.00. The van der Waals surface area contributed by atoms with Crippen molar-refractivity contribution in [1.29, 1.82) is 0 Å². The van der Waals surface area contributed by atoms with Gasteiger partial charge in [0.1, 0.15) is 10.5 Å². The van der Waals surface area contributed by atoms with Crippen molar-refractivity contribution >= 4 is 10.5 Å². The van der Waals surface area contributed by atoms with E-state index in [1.165, 1.54) is 12.8 Å². The van der Waals surface area contributed by atoms with E-state index in [1.54, 1.807) is 0 Å². The highest BCUT2D eigenvalue weighted by Crippen LogP contribution is 2.25. The molecule has 74 valence electrons. The Morgan fingerprint density at radius 1 is 1.25 bits per heavy atom. The van der Waals surface area contributed by atoms with Gasteiger partial charge in [0.25, 0.3) is 0 Å². The summed E-state index contributed by atoms with van der Waals surface area (Å²) in [5.74, 6) is 0.756. The maximum absolute atomic E-state index is 5.58. The lowest BCUT2D eigenvalue weighted by atomic mass is 9.87. The van der Waals surface area contributed by atoms with Crippen LogP contribution in [0.2, 0.25) is 0 Å². The fourth-order valence-corrected chi connectivity index (χ4v) is 1.83. The standard InChI is InChI=1S/C10H24OSi/c1-8(2)6-9(11-12)7-10(3,4)5/h8-9H,6-7H2,1-5,12H3. The normalized spacial score (nSPS) is 15.5. The average molecular weight is 188 g/mol. The lowest BCUT2D eigenvalue weighted by molar-refractivity contribution is 0.134. The molecule has 0 radical (unpaired) electrons. The van der Waals surface area contributed by atoms with Crippen molar-refractivity contribution in [2.24, 2.45) is 11.3 Å². The molecule has 0 aliphatic rings. The molecule has 0 aliphatic carbocycles. The Labute approximate surface area is 80.4 Å². The highest BCUT2D eigenvalue weighted by molar-refractivity contribution is 5.98. The topological polar surface area (TPSA) is 9.23 Å². The Bertz CT molecular complexity index is 115. The van der Waals surface area contributed by atoms with Gasteiger partial charge >= 0.3 is 0 Å². The molecular weight excluding hydrogens is 164 g/mol. The molecule has 0 saturated carbocycles. The van der Waals surface area contributed by atoms with Gasteiger partial charge in [-0.25, -0.2) is 0 Å². The number of hydrogen-bond acceptors (Lipinski definition) is 1. The number of rotatable bonds is 4. The molecular formula is C10H24OSi. The zero-order valence-electron chi connectivity index (χ0n) is 9.48. The molecule has 0 N–H and O–H groups in total. The van der Waals surface area contributed by atoms with Gasteiger partial charge in [-0.2, -0.15) is 0 Å². The zero-order chi connectivity index (χ0) is 9.78. The Balaban J connectivity index is 3.83. The maximum atomic E-state index is 5.58. The van der Waals surface area contributed by atoms with Crippen LogP contribution in [0.4, 0.5) is 0 Å². The second-order valence-electron chi connectivity index (χ2n) is 5.25. The third-order valence-corrected chi connectivity index (χ3v) is 2.57. The molecule has 2 heteroatoms. The summed E-state index contributed by atoms with van der Waals surface area (Å²) in [4.78, 5) is 0. The Morgan fingerprint density at radius 2 is 1.75 bits per heavy atom. The highest BCUT2D eigenvalue weighted by Gasteiger charge is 2.18. The van der Waals surface area contributed by atoms with Crippen LogP contribution in [0.1, 0.15) is 47.5 Å². The van der Waals surface area contributed by atoms with Crippen molar-refractivity contribution in [3.63, 3.8) is 0 Å². The molecule has 0 aliphatic heterocycles. The molecule has 0 heterocycles. The van der Waals surface area contributed by atoms with Gasteiger partial charge in [0.15, 0.2) is 0 Å². The summed E-state index contributed by atoms with van der Waals surface area (Å²) in [6, 6.07) is 0. The lowest BCUT2D eigenvalue weighted by Crippen LogP contribution is -2.21. The fourth-order valence-electron chi connectivity index (χ4n) is 1.47. The van der Waals surface area contributed by atoms with Crippen LogP contribution < -0.4 is 0 Å². The lowest BCUT2D eigenvalue weighted by Gasteiger charge is -2.26. The second-order valence-corrected chi connectivity index (χ2v) is 5.72. The van der Waals surface area contributed by atoms with E-state index >= 15 is 0 Å². The van der Waals surface area contributed by atoms with Gasteiger partial charge in [0.05, 0.1) is 0 Å². The molecule has 0 aromatic heterocycles.